The number of rotatable bonds is 6. The van der Waals surface area contributed by atoms with Crippen molar-refractivity contribution in [3.05, 3.63) is 24.3 Å². The van der Waals surface area contributed by atoms with E-state index >= 15 is 0 Å². The molecule has 0 aromatic heterocycles. The SMILES string of the molecule is C#CCNCC(=O)Nc1ccc(S(=O)(=O)C(F)F)cc1. The van der Waals surface area contributed by atoms with E-state index in [1.54, 1.807) is 0 Å². The average molecular weight is 302 g/mol. The molecule has 0 saturated carbocycles. The van der Waals surface area contributed by atoms with Crippen molar-refractivity contribution in [3.63, 3.8) is 0 Å². The number of anilines is 1. The summed E-state index contributed by atoms with van der Waals surface area (Å²) in [6.07, 6.45) is 4.99. The van der Waals surface area contributed by atoms with Crippen LogP contribution in [0.2, 0.25) is 0 Å². The van der Waals surface area contributed by atoms with Gasteiger partial charge < -0.3 is 5.32 Å². The highest BCUT2D eigenvalue weighted by Crippen LogP contribution is 2.20. The first-order valence-corrected chi connectivity index (χ1v) is 6.98. The summed E-state index contributed by atoms with van der Waals surface area (Å²) >= 11 is 0. The minimum Gasteiger partial charge on any atom is -0.325 e. The summed E-state index contributed by atoms with van der Waals surface area (Å²) in [6.45, 7) is 0.222. The van der Waals surface area contributed by atoms with Crippen molar-refractivity contribution in [1.82, 2.24) is 5.32 Å². The number of carbonyl (C=O) groups excluding carboxylic acids is 1. The molecule has 0 heterocycles. The van der Waals surface area contributed by atoms with E-state index in [1.807, 2.05) is 0 Å². The van der Waals surface area contributed by atoms with Crippen LogP contribution >= 0.6 is 0 Å². The molecule has 2 N–H and O–H groups in total. The lowest BCUT2D eigenvalue weighted by Gasteiger charge is -2.07. The van der Waals surface area contributed by atoms with Crippen LogP contribution in [0.5, 0.6) is 0 Å². The largest absolute Gasteiger partial charge is 0.341 e. The fourth-order valence-electron chi connectivity index (χ4n) is 1.28. The number of terminal acetylenes is 1. The van der Waals surface area contributed by atoms with E-state index in [0.717, 1.165) is 12.1 Å². The summed E-state index contributed by atoms with van der Waals surface area (Å²) in [5.41, 5.74) is 0.297. The summed E-state index contributed by atoms with van der Waals surface area (Å²) in [5, 5.41) is 5.12. The molecule has 1 aromatic carbocycles. The van der Waals surface area contributed by atoms with Crippen LogP contribution in [0, 0.1) is 12.3 Å². The van der Waals surface area contributed by atoms with Crippen LogP contribution in [-0.4, -0.2) is 33.2 Å². The second kappa shape index (κ2) is 6.98. The molecule has 8 heteroatoms. The van der Waals surface area contributed by atoms with Gasteiger partial charge in [0.1, 0.15) is 0 Å². The molecule has 0 radical (unpaired) electrons. The number of hydrogen-bond donors (Lipinski definition) is 2. The van der Waals surface area contributed by atoms with Crippen LogP contribution in [0.25, 0.3) is 0 Å². The molecule has 0 bridgehead atoms. The van der Waals surface area contributed by atoms with Gasteiger partial charge in [-0.1, -0.05) is 5.92 Å². The number of hydrogen-bond acceptors (Lipinski definition) is 4. The topological polar surface area (TPSA) is 75.3 Å². The predicted octanol–water partition coefficient (Wildman–Crippen LogP) is 0.844. The quantitative estimate of drug-likeness (QED) is 0.603. The molecule has 0 atom stereocenters. The van der Waals surface area contributed by atoms with Gasteiger partial charge in [-0.05, 0) is 24.3 Å². The minimum absolute atomic E-state index is 0.0126. The van der Waals surface area contributed by atoms with Gasteiger partial charge in [0, 0.05) is 5.69 Å². The van der Waals surface area contributed by atoms with Crippen molar-refractivity contribution in [3.8, 4) is 12.3 Å². The number of nitrogens with one attached hydrogen (secondary N) is 2. The average Bonchev–Trinajstić information content (AvgIpc) is 2.39. The van der Waals surface area contributed by atoms with Gasteiger partial charge in [-0.3, -0.25) is 10.1 Å². The Morgan fingerprint density at radius 1 is 1.30 bits per heavy atom. The maximum absolute atomic E-state index is 12.3. The van der Waals surface area contributed by atoms with Crippen LogP contribution in [-0.2, 0) is 14.6 Å². The summed E-state index contributed by atoms with van der Waals surface area (Å²) < 4.78 is 46.9. The molecule has 1 rings (SSSR count). The Balaban J connectivity index is 2.69. The fourth-order valence-corrected chi connectivity index (χ4v) is 2.01. The maximum atomic E-state index is 12.3. The molecule has 108 valence electrons. The molecule has 20 heavy (non-hydrogen) atoms. The minimum atomic E-state index is -4.62. The second-order valence-electron chi connectivity index (χ2n) is 3.69. The molecule has 1 amide bonds. The van der Waals surface area contributed by atoms with Crippen LogP contribution < -0.4 is 10.6 Å². The maximum Gasteiger partial charge on any atom is 0.341 e. The Labute approximate surface area is 115 Å². The molecule has 0 saturated heterocycles. The second-order valence-corrected chi connectivity index (χ2v) is 5.60. The van der Waals surface area contributed by atoms with E-state index in [-0.39, 0.29) is 19.0 Å². The first-order chi connectivity index (χ1) is 9.37. The van der Waals surface area contributed by atoms with Crippen LogP contribution in [0.15, 0.2) is 29.2 Å². The highest BCUT2D eigenvalue weighted by Gasteiger charge is 2.26. The van der Waals surface area contributed by atoms with E-state index in [2.05, 4.69) is 16.6 Å². The van der Waals surface area contributed by atoms with Crippen molar-refractivity contribution < 1.29 is 22.0 Å². The molecule has 5 nitrogen and oxygen atoms in total. The molecule has 0 aliphatic rings. The third-order valence-corrected chi connectivity index (χ3v) is 3.61. The predicted molar refractivity (Wildman–Crippen MR) is 70.0 cm³/mol. The Morgan fingerprint density at radius 2 is 1.90 bits per heavy atom. The number of alkyl halides is 2. The van der Waals surface area contributed by atoms with Gasteiger partial charge in [0.05, 0.1) is 18.0 Å². The third-order valence-electron chi connectivity index (χ3n) is 2.21. The third kappa shape index (κ3) is 4.29. The highest BCUT2D eigenvalue weighted by molar-refractivity contribution is 7.91. The highest BCUT2D eigenvalue weighted by atomic mass is 32.2. The number of benzene rings is 1. The van der Waals surface area contributed by atoms with Crippen molar-refractivity contribution in [2.45, 2.75) is 10.7 Å². The molecule has 0 aliphatic heterocycles. The van der Waals surface area contributed by atoms with Crippen molar-refractivity contribution >= 4 is 21.4 Å². The van der Waals surface area contributed by atoms with Crippen molar-refractivity contribution in [2.24, 2.45) is 0 Å². The fraction of sp³-hybridized carbons (Fsp3) is 0.250. The van der Waals surface area contributed by atoms with Crippen LogP contribution in [0.1, 0.15) is 0 Å². The van der Waals surface area contributed by atoms with E-state index in [4.69, 9.17) is 6.42 Å². The van der Waals surface area contributed by atoms with Gasteiger partial charge in [0.25, 0.3) is 0 Å². The van der Waals surface area contributed by atoms with E-state index < -0.39 is 20.5 Å². The van der Waals surface area contributed by atoms with Gasteiger partial charge in [-0.15, -0.1) is 6.42 Å². The molecule has 0 aliphatic carbocycles. The van der Waals surface area contributed by atoms with Gasteiger partial charge in [-0.25, -0.2) is 8.42 Å². The van der Waals surface area contributed by atoms with Gasteiger partial charge in [0.2, 0.25) is 15.7 Å². The number of sulfone groups is 1. The smallest absolute Gasteiger partial charge is 0.325 e. The zero-order chi connectivity index (χ0) is 15.2. The molecule has 0 spiro atoms. The molecule has 1 aromatic rings. The van der Waals surface area contributed by atoms with Gasteiger partial charge >= 0.3 is 5.76 Å². The summed E-state index contributed by atoms with van der Waals surface area (Å²) in [7, 11) is -4.62. The van der Waals surface area contributed by atoms with Gasteiger partial charge in [0.15, 0.2) is 0 Å². The zero-order valence-corrected chi connectivity index (χ0v) is 11.1. The standard InChI is InChI=1S/C12H12F2N2O3S/c1-2-7-15-8-11(17)16-9-3-5-10(6-4-9)20(18,19)12(13)14/h1,3-6,12,15H,7-8H2,(H,16,17). The summed E-state index contributed by atoms with van der Waals surface area (Å²) in [6, 6.07) is 4.47. The molecular formula is C12H12F2N2O3S. The normalized spacial score (nSPS) is 11.1. The van der Waals surface area contributed by atoms with Gasteiger partial charge in [-0.2, -0.15) is 8.78 Å². The molecule has 0 unspecified atom stereocenters. The molecular weight excluding hydrogens is 290 g/mol. The monoisotopic (exact) mass is 302 g/mol. The Hall–Kier alpha value is -1.98. The number of amides is 1. The van der Waals surface area contributed by atoms with Crippen molar-refractivity contribution in [1.29, 1.82) is 0 Å². The van der Waals surface area contributed by atoms with Crippen molar-refractivity contribution in [2.75, 3.05) is 18.4 Å². The lowest BCUT2D eigenvalue weighted by molar-refractivity contribution is -0.115. The van der Waals surface area contributed by atoms with E-state index in [9.17, 15) is 22.0 Å². The Morgan fingerprint density at radius 3 is 2.40 bits per heavy atom. The number of halogens is 2. The van der Waals surface area contributed by atoms with Crippen LogP contribution in [0.4, 0.5) is 14.5 Å². The first-order valence-electron chi connectivity index (χ1n) is 5.44. The lowest BCUT2D eigenvalue weighted by atomic mass is 10.3. The molecule has 0 fully saturated rings. The first kappa shape index (κ1) is 16.1. The Bertz CT molecular complexity index is 607. The lowest BCUT2D eigenvalue weighted by Crippen LogP contribution is -2.28. The summed E-state index contributed by atoms with van der Waals surface area (Å²) in [4.78, 5) is 10.9. The summed E-state index contributed by atoms with van der Waals surface area (Å²) in [5.74, 6) is -1.57. The zero-order valence-electron chi connectivity index (χ0n) is 10.3. The number of carbonyl (C=O) groups is 1. The van der Waals surface area contributed by atoms with Crippen LogP contribution in [0.3, 0.4) is 0 Å². The van der Waals surface area contributed by atoms with E-state index in [0.29, 0.717) is 5.69 Å². The van der Waals surface area contributed by atoms with E-state index in [1.165, 1.54) is 12.1 Å². The Kier molecular flexibility index (Phi) is 5.61.